The van der Waals surface area contributed by atoms with Gasteiger partial charge in [0.15, 0.2) is 0 Å². The van der Waals surface area contributed by atoms with E-state index < -0.39 is 0 Å². The Balaban J connectivity index is 0.000000810. The normalized spacial score (nSPS) is 8.20. The van der Waals surface area contributed by atoms with E-state index in [9.17, 15) is 0 Å². The zero-order valence-corrected chi connectivity index (χ0v) is 7.04. The molecule has 0 atom stereocenters. The number of hydrogen-bond donors (Lipinski definition) is 1. The van der Waals surface area contributed by atoms with E-state index in [1.54, 1.807) is 25.4 Å². The molecule has 0 aromatic carbocycles. The van der Waals surface area contributed by atoms with Crippen LogP contribution in [0.1, 0.15) is 0 Å². The van der Waals surface area contributed by atoms with Crippen molar-refractivity contribution in [3.05, 3.63) is 23.4 Å². The van der Waals surface area contributed by atoms with Gasteiger partial charge in [-0.2, -0.15) is 0 Å². The Morgan fingerprint density at radius 1 is 1.60 bits per heavy atom. The number of nitrogens with zero attached hydrogens (tertiary/aromatic N) is 1. The van der Waals surface area contributed by atoms with Crippen LogP contribution in [0.2, 0.25) is 5.02 Å². The smallest absolute Gasteiger partial charge is 0.144 e. The maximum Gasteiger partial charge on any atom is 0.144 e. The van der Waals surface area contributed by atoms with Gasteiger partial charge in [-0.15, -0.1) is 12.4 Å². The van der Waals surface area contributed by atoms with E-state index in [1.165, 1.54) is 0 Å². The molecule has 0 saturated heterocycles. The summed E-state index contributed by atoms with van der Waals surface area (Å²) in [6, 6.07) is 3.59. The fourth-order valence-electron chi connectivity index (χ4n) is 0.570. The van der Waals surface area contributed by atoms with Crippen LogP contribution in [0.3, 0.4) is 0 Å². The largest absolute Gasteiger partial charge is 0.372 e. The van der Waals surface area contributed by atoms with E-state index in [-0.39, 0.29) is 12.4 Å². The van der Waals surface area contributed by atoms with Gasteiger partial charge in [-0.25, -0.2) is 4.98 Å². The van der Waals surface area contributed by atoms with E-state index >= 15 is 0 Å². The molecule has 0 aliphatic carbocycles. The fourth-order valence-corrected chi connectivity index (χ4v) is 0.786. The van der Waals surface area contributed by atoms with E-state index in [1.807, 2.05) is 0 Å². The van der Waals surface area contributed by atoms with Crippen LogP contribution in [0.4, 0.5) is 5.82 Å². The van der Waals surface area contributed by atoms with Crippen molar-refractivity contribution < 1.29 is 0 Å². The summed E-state index contributed by atoms with van der Waals surface area (Å²) in [7, 11) is 1.79. The zero-order valence-electron chi connectivity index (χ0n) is 5.47. The van der Waals surface area contributed by atoms with Gasteiger partial charge in [-0.05, 0) is 12.1 Å². The van der Waals surface area contributed by atoms with Crippen molar-refractivity contribution in [2.45, 2.75) is 0 Å². The van der Waals surface area contributed by atoms with Crippen LogP contribution in [0.5, 0.6) is 0 Å². The Labute approximate surface area is 71.0 Å². The Kier molecular flexibility index (Phi) is 4.16. The number of anilines is 1. The van der Waals surface area contributed by atoms with Crippen LogP contribution in [-0.4, -0.2) is 12.0 Å². The van der Waals surface area contributed by atoms with Gasteiger partial charge in [-0.1, -0.05) is 11.6 Å². The average molecular weight is 179 g/mol. The molecule has 0 aliphatic heterocycles. The lowest BCUT2D eigenvalue weighted by Crippen LogP contribution is -1.90. The number of hydrogen-bond acceptors (Lipinski definition) is 2. The highest BCUT2D eigenvalue weighted by Gasteiger charge is 1.93. The Morgan fingerprint density at radius 2 is 2.30 bits per heavy atom. The molecule has 0 radical (unpaired) electrons. The first-order chi connectivity index (χ1) is 4.34. The third kappa shape index (κ3) is 2.05. The van der Waals surface area contributed by atoms with Crippen LogP contribution in [0.15, 0.2) is 18.3 Å². The molecule has 1 rings (SSSR count). The van der Waals surface area contributed by atoms with Crippen LogP contribution in [0.25, 0.3) is 0 Å². The lowest BCUT2D eigenvalue weighted by atomic mass is 10.5. The molecular weight excluding hydrogens is 171 g/mol. The zero-order chi connectivity index (χ0) is 6.69. The summed E-state index contributed by atoms with van der Waals surface area (Å²) in [4.78, 5) is 3.95. The molecule has 0 spiro atoms. The molecule has 10 heavy (non-hydrogen) atoms. The second-order valence-corrected chi connectivity index (χ2v) is 1.99. The van der Waals surface area contributed by atoms with Crippen molar-refractivity contribution in [3.63, 3.8) is 0 Å². The Hall–Kier alpha value is -0.470. The van der Waals surface area contributed by atoms with Crippen LogP contribution in [0, 0.1) is 0 Å². The fraction of sp³-hybridized carbons (Fsp3) is 0.167. The van der Waals surface area contributed by atoms with Crippen molar-refractivity contribution in [3.8, 4) is 0 Å². The Bertz CT molecular complexity index is 203. The van der Waals surface area contributed by atoms with Gasteiger partial charge >= 0.3 is 0 Å². The van der Waals surface area contributed by atoms with Crippen molar-refractivity contribution in [2.24, 2.45) is 0 Å². The summed E-state index contributed by atoms with van der Waals surface area (Å²) in [6.45, 7) is 0. The molecule has 0 saturated carbocycles. The maximum atomic E-state index is 5.70. The van der Waals surface area contributed by atoms with Gasteiger partial charge in [0.1, 0.15) is 5.82 Å². The summed E-state index contributed by atoms with van der Waals surface area (Å²) in [5.74, 6) is 0.721. The van der Waals surface area contributed by atoms with Gasteiger partial charge < -0.3 is 5.32 Å². The topological polar surface area (TPSA) is 24.9 Å². The standard InChI is InChI=1S/C6H7ClN2.ClH/c1-8-6-5(7)3-2-4-9-6;/h2-4H,1H3,(H,8,9);1H. The minimum Gasteiger partial charge on any atom is -0.372 e. The van der Waals surface area contributed by atoms with Crippen molar-refractivity contribution >= 4 is 29.8 Å². The number of halogens is 2. The number of nitrogens with one attached hydrogen (secondary N) is 1. The molecule has 0 unspecified atom stereocenters. The second-order valence-electron chi connectivity index (χ2n) is 1.58. The number of aromatic nitrogens is 1. The first-order valence-corrected chi connectivity index (χ1v) is 3.00. The van der Waals surface area contributed by atoms with Crippen LogP contribution < -0.4 is 5.32 Å². The lowest BCUT2D eigenvalue weighted by Gasteiger charge is -1.97. The molecule has 1 aromatic heterocycles. The molecule has 4 heteroatoms. The molecule has 0 fully saturated rings. The molecule has 1 N–H and O–H groups in total. The van der Waals surface area contributed by atoms with Crippen molar-refractivity contribution in [1.82, 2.24) is 4.98 Å². The lowest BCUT2D eigenvalue weighted by molar-refractivity contribution is 1.29. The summed E-state index contributed by atoms with van der Waals surface area (Å²) < 4.78 is 0. The van der Waals surface area contributed by atoms with E-state index in [2.05, 4.69) is 10.3 Å². The minimum absolute atomic E-state index is 0. The van der Waals surface area contributed by atoms with E-state index in [0.29, 0.717) is 5.02 Å². The molecule has 1 aromatic rings. The molecule has 56 valence electrons. The van der Waals surface area contributed by atoms with Crippen molar-refractivity contribution in [1.29, 1.82) is 0 Å². The highest BCUT2D eigenvalue weighted by molar-refractivity contribution is 6.32. The molecule has 0 amide bonds. The Morgan fingerprint density at radius 3 is 2.70 bits per heavy atom. The van der Waals surface area contributed by atoms with Crippen molar-refractivity contribution in [2.75, 3.05) is 12.4 Å². The van der Waals surface area contributed by atoms with Gasteiger partial charge in [-0.3, -0.25) is 0 Å². The number of rotatable bonds is 1. The monoisotopic (exact) mass is 178 g/mol. The summed E-state index contributed by atoms with van der Waals surface area (Å²) in [6.07, 6.45) is 1.69. The first kappa shape index (κ1) is 9.53. The highest BCUT2D eigenvalue weighted by Crippen LogP contribution is 2.15. The summed E-state index contributed by atoms with van der Waals surface area (Å²) >= 11 is 5.70. The van der Waals surface area contributed by atoms with E-state index in [0.717, 1.165) is 5.82 Å². The second kappa shape index (κ2) is 4.36. The number of pyridine rings is 1. The quantitative estimate of drug-likeness (QED) is 0.714. The predicted molar refractivity (Wildman–Crippen MR) is 46.0 cm³/mol. The molecule has 0 bridgehead atoms. The van der Waals surface area contributed by atoms with Gasteiger partial charge in [0, 0.05) is 13.2 Å². The van der Waals surface area contributed by atoms with Gasteiger partial charge in [0.2, 0.25) is 0 Å². The molecule has 1 heterocycles. The molecular formula is C6H8Cl2N2. The minimum atomic E-state index is 0. The SMILES string of the molecule is CNc1ncccc1Cl.Cl. The molecule has 2 nitrogen and oxygen atoms in total. The maximum absolute atomic E-state index is 5.70. The highest BCUT2D eigenvalue weighted by atomic mass is 35.5. The summed E-state index contributed by atoms with van der Waals surface area (Å²) in [5, 5.41) is 3.50. The third-order valence-corrected chi connectivity index (χ3v) is 1.30. The predicted octanol–water partition coefficient (Wildman–Crippen LogP) is 2.20. The first-order valence-electron chi connectivity index (χ1n) is 2.63. The van der Waals surface area contributed by atoms with Crippen LogP contribution >= 0.6 is 24.0 Å². The van der Waals surface area contributed by atoms with Gasteiger partial charge in [0.05, 0.1) is 5.02 Å². The van der Waals surface area contributed by atoms with E-state index in [4.69, 9.17) is 11.6 Å². The van der Waals surface area contributed by atoms with Crippen LogP contribution in [-0.2, 0) is 0 Å². The van der Waals surface area contributed by atoms with Gasteiger partial charge in [0.25, 0.3) is 0 Å². The third-order valence-electron chi connectivity index (χ3n) is 0.995. The molecule has 0 aliphatic rings. The average Bonchev–Trinajstić information content (AvgIpc) is 1.89. The summed E-state index contributed by atoms with van der Waals surface area (Å²) in [5.41, 5.74) is 0.